The third kappa shape index (κ3) is 5.71. The van der Waals surface area contributed by atoms with Gasteiger partial charge in [-0.05, 0) is 25.7 Å². The van der Waals surface area contributed by atoms with Gasteiger partial charge < -0.3 is 13.8 Å². The summed E-state index contributed by atoms with van der Waals surface area (Å²) < 4.78 is 16.6. The smallest absolute Gasteiger partial charge is 0.185 e. The molecule has 0 radical (unpaired) electrons. The van der Waals surface area contributed by atoms with Gasteiger partial charge in [0.1, 0.15) is 0 Å². The number of morpholine rings is 1. The van der Waals surface area contributed by atoms with Crippen LogP contribution in [0.5, 0.6) is 0 Å². The summed E-state index contributed by atoms with van der Waals surface area (Å²) >= 11 is 5.31. The van der Waals surface area contributed by atoms with E-state index in [1.165, 1.54) is 0 Å². The van der Waals surface area contributed by atoms with Gasteiger partial charge in [-0.1, -0.05) is 0 Å². The molecule has 2 atom stereocenters. The molecule has 1 fully saturated rings. The Morgan fingerprint density at radius 2 is 2.06 bits per heavy atom. The minimum atomic E-state index is -2.04. The van der Waals surface area contributed by atoms with E-state index in [9.17, 15) is 0 Å². The van der Waals surface area contributed by atoms with Gasteiger partial charge in [0.05, 0.1) is 25.9 Å². The summed E-state index contributed by atoms with van der Waals surface area (Å²) in [5.74, 6) is 0. The Labute approximate surface area is 103 Å². The van der Waals surface area contributed by atoms with Crippen LogP contribution in [0, 0.1) is 0 Å². The maximum atomic E-state index is 5.80. The Hall–Kier alpha value is 0.490. The van der Waals surface area contributed by atoms with Gasteiger partial charge in [-0.3, -0.25) is 4.90 Å². The molecule has 0 spiro atoms. The van der Waals surface area contributed by atoms with Crippen LogP contribution in [0.2, 0.25) is 0 Å². The lowest BCUT2D eigenvalue weighted by Gasteiger charge is -2.30. The van der Waals surface area contributed by atoms with Crippen molar-refractivity contribution in [1.29, 1.82) is 0 Å². The Balaban J connectivity index is 2.28. The quantitative estimate of drug-likeness (QED) is 0.684. The average Bonchev–Trinajstić information content (AvgIpc) is 2.17. The van der Waals surface area contributed by atoms with Gasteiger partial charge >= 0.3 is 0 Å². The molecule has 6 heteroatoms. The average molecular weight is 267 g/mol. The number of hydrogen-bond donors (Lipinski definition) is 0. The molecule has 1 saturated heterocycles. The second-order valence-electron chi connectivity index (χ2n) is 4.02. The lowest BCUT2D eigenvalue weighted by Crippen LogP contribution is -2.40. The van der Waals surface area contributed by atoms with Crippen LogP contribution < -0.4 is 0 Å². The third-order valence-corrected chi connectivity index (χ3v) is 4.40. The summed E-state index contributed by atoms with van der Waals surface area (Å²) in [4.78, 5) is 2.34. The van der Waals surface area contributed by atoms with Gasteiger partial charge in [-0.25, -0.2) is 0 Å². The van der Waals surface area contributed by atoms with E-state index in [-0.39, 0.29) is 6.10 Å². The highest BCUT2D eigenvalue weighted by atomic mass is 32.5. The van der Waals surface area contributed by atoms with Gasteiger partial charge in [0.2, 0.25) is 0 Å². The molecule has 0 aromatic heterocycles. The first kappa shape index (κ1) is 14.6. The molecule has 0 saturated carbocycles. The highest BCUT2D eigenvalue weighted by Gasteiger charge is 2.19. The van der Waals surface area contributed by atoms with Crippen molar-refractivity contribution in [2.24, 2.45) is 0 Å². The standard InChI is InChI=1S/C10H22NO3PS/c1-4-13-15(3,16)14-10(2)9-11-5-7-12-8-6-11/h10H,4-9H2,1-3H3/t10-,15+/m1/s1. The SMILES string of the molecule is CCO[P@](C)(=S)O[C@H](C)CN1CCOCC1. The number of rotatable bonds is 6. The normalized spacial score (nSPS) is 23.9. The predicted molar refractivity (Wildman–Crippen MR) is 69.6 cm³/mol. The molecular formula is C10H22NO3PS. The summed E-state index contributed by atoms with van der Waals surface area (Å²) in [5.41, 5.74) is 0. The van der Waals surface area contributed by atoms with Crippen molar-refractivity contribution in [3.8, 4) is 0 Å². The maximum absolute atomic E-state index is 5.80. The Morgan fingerprint density at radius 1 is 1.44 bits per heavy atom. The Morgan fingerprint density at radius 3 is 2.62 bits per heavy atom. The lowest BCUT2D eigenvalue weighted by atomic mass is 10.3. The zero-order valence-corrected chi connectivity index (χ0v) is 12.1. The largest absolute Gasteiger partial charge is 0.379 e. The van der Waals surface area contributed by atoms with E-state index < -0.39 is 6.49 Å². The molecule has 0 aliphatic carbocycles. The van der Waals surface area contributed by atoms with E-state index in [1.807, 2.05) is 13.6 Å². The number of hydrogen-bond acceptors (Lipinski definition) is 5. The molecule has 1 aliphatic rings. The van der Waals surface area contributed by atoms with Gasteiger partial charge in [0.15, 0.2) is 6.49 Å². The summed E-state index contributed by atoms with van der Waals surface area (Å²) in [6, 6.07) is 0. The van der Waals surface area contributed by atoms with Crippen molar-refractivity contribution in [3.05, 3.63) is 0 Å². The zero-order valence-electron chi connectivity index (χ0n) is 10.3. The van der Waals surface area contributed by atoms with E-state index in [2.05, 4.69) is 11.8 Å². The van der Waals surface area contributed by atoms with Crippen molar-refractivity contribution in [3.63, 3.8) is 0 Å². The van der Waals surface area contributed by atoms with Crippen LogP contribution >= 0.6 is 6.49 Å². The molecule has 0 bridgehead atoms. The first-order valence-electron chi connectivity index (χ1n) is 5.74. The third-order valence-electron chi connectivity index (χ3n) is 2.35. The molecule has 4 nitrogen and oxygen atoms in total. The highest BCUT2D eigenvalue weighted by molar-refractivity contribution is 8.09. The molecular weight excluding hydrogens is 245 g/mol. The van der Waals surface area contributed by atoms with Crippen LogP contribution in [-0.4, -0.2) is 57.1 Å². The van der Waals surface area contributed by atoms with Gasteiger partial charge in [0.25, 0.3) is 0 Å². The summed E-state index contributed by atoms with van der Waals surface area (Å²) in [6.45, 7) is 8.98. The molecule has 0 aromatic carbocycles. The van der Waals surface area contributed by atoms with Crippen LogP contribution in [0.15, 0.2) is 0 Å². The summed E-state index contributed by atoms with van der Waals surface area (Å²) in [6.07, 6.45) is 0.125. The molecule has 0 amide bonds. The second kappa shape index (κ2) is 7.04. The van der Waals surface area contributed by atoms with Crippen molar-refractivity contribution in [2.45, 2.75) is 20.0 Å². The van der Waals surface area contributed by atoms with Crippen molar-refractivity contribution in [2.75, 3.05) is 46.1 Å². The minimum Gasteiger partial charge on any atom is -0.379 e. The van der Waals surface area contributed by atoms with E-state index in [1.54, 1.807) is 0 Å². The van der Waals surface area contributed by atoms with Crippen molar-refractivity contribution in [1.82, 2.24) is 4.90 Å². The van der Waals surface area contributed by atoms with E-state index in [0.717, 1.165) is 32.8 Å². The molecule has 96 valence electrons. The predicted octanol–water partition coefficient (Wildman–Crippen LogP) is 1.70. The molecule has 0 aromatic rings. The van der Waals surface area contributed by atoms with Crippen molar-refractivity contribution < 1.29 is 13.8 Å². The fraction of sp³-hybridized carbons (Fsp3) is 1.00. The number of ether oxygens (including phenoxy) is 1. The molecule has 1 heterocycles. The summed E-state index contributed by atoms with van der Waals surface area (Å²) in [5, 5.41) is 0. The topological polar surface area (TPSA) is 30.9 Å². The molecule has 1 rings (SSSR count). The fourth-order valence-corrected chi connectivity index (χ4v) is 3.78. The van der Waals surface area contributed by atoms with Gasteiger partial charge in [-0.15, -0.1) is 0 Å². The summed E-state index contributed by atoms with van der Waals surface area (Å²) in [7, 11) is 0. The van der Waals surface area contributed by atoms with Crippen LogP contribution in [0.1, 0.15) is 13.8 Å². The Kier molecular flexibility index (Phi) is 6.40. The van der Waals surface area contributed by atoms with Crippen LogP contribution in [0.3, 0.4) is 0 Å². The van der Waals surface area contributed by atoms with E-state index in [0.29, 0.717) is 6.61 Å². The Bertz CT molecular complexity index is 246. The van der Waals surface area contributed by atoms with Crippen LogP contribution in [-0.2, 0) is 25.6 Å². The minimum absolute atomic E-state index is 0.125. The monoisotopic (exact) mass is 267 g/mol. The fourth-order valence-electron chi connectivity index (χ4n) is 1.77. The van der Waals surface area contributed by atoms with Crippen molar-refractivity contribution >= 4 is 18.3 Å². The first-order chi connectivity index (χ1) is 7.53. The molecule has 0 N–H and O–H groups in total. The van der Waals surface area contributed by atoms with Gasteiger partial charge in [-0.2, -0.15) is 0 Å². The zero-order chi connectivity index (χ0) is 12.0. The highest BCUT2D eigenvalue weighted by Crippen LogP contribution is 2.45. The van der Waals surface area contributed by atoms with Crippen LogP contribution in [0.25, 0.3) is 0 Å². The molecule has 16 heavy (non-hydrogen) atoms. The molecule has 0 unspecified atom stereocenters. The molecule has 1 aliphatic heterocycles. The first-order valence-corrected chi connectivity index (χ1v) is 8.82. The van der Waals surface area contributed by atoms with E-state index in [4.69, 9.17) is 25.6 Å². The van der Waals surface area contributed by atoms with Crippen LogP contribution in [0.4, 0.5) is 0 Å². The second-order valence-corrected chi connectivity index (χ2v) is 8.02. The lowest BCUT2D eigenvalue weighted by molar-refractivity contribution is 0.0215. The number of nitrogens with zero attached hydrogens (tertiary/aromatic N) is 1. The maximum Gasteiger partial charge on any atom is 0.185 e. The van der Waals surface area contributed by atoms with E-state index >= 15 is 0 Å². The van der Waals surface area contributed by atoms with Gasteiger partial charge in [0, 0.05) is 26.3 Å².